The van der Waals surface area contributed by atoms with Gasteiger partial charge in [-0.1, -0.05) is 41.9 Å². The molecule has 3 aromatic rings. The van der Waals surface area contributed by atoms with Gasteiger partial charge < -0.3 is 14.8 Å². The van der Waals surface area contributed by atoms with E-state index in [1.807, 2.05) is 38.1 Å². The number of hydrogen-bond acceptors (Lipinski definition) is 5. The largest absolute Gasteiger partial charge is 0.493 e. The Morgan fingerprint density at radius 2 is 1.82 bits per heavy atom. The van der Waals surface area contributed by atoms with Gasteiger partial charge in [-0.05, 0) is 60.9 Å². The standard InChI is InChI=1S/C25H24ClN3O4/c1-16-9-10-17(2)21(11-16)28-23(30)15-33-24-20(26)12-18(13-22(24)32-3)14-27-29-25(31)19-7-5-4-6-8-19/h4-14H,15H2,1-3H3,(H,28,30)(H,29,31)/b27-14+. The molecule has 0 spiro atoms. The Bertz CT molecular complexity index is 1180. The van der Waals surface area contributed by atoms with Crippen molar-refractivity contribution in [3.63, 3.8) is 0 Å². The van der Waals surface area contributed by atoms with Gasteiger partial charge in [-0.2, -0.15) is 5.10 Å². The van der Waals surface area contributed by atoms with Crippen molar-refractivity contribution in [1.29, 1.82) is 0 Å². The van der Waals surface area contributed by atoms with Gasteiger partial charge in [0.05, 0.1) is 18.3 Å². The number of aryl methyl sites for hydroxylation is 2. The third-order valence-corrected chi connectivity index (χ3v) is 4.96. The van der Waals surface area contributed by atoms with E-state index in [1.54, 1.807) is 36.4 Å². The van der Waals surface area contributed by atoms with Crippen LogP contribution >= 0.6 is 11.6 Å². The number of hydrogen-bond donors (Lipinski definition) is 2. The average molecular weight is 466 g/mol. The van der Waals surface area contributed by atoms with Crippen LogP contribution in [0, 0.1) is 13.8 Å². The van der Waals surface area contributed by atoms with Crippen LogP contribution in [0.2, 0.25) is 5.02 Å². The Labute approximate surface area is 197 Å². The van der Waals surface area contributed by atoms with Crippen molar-refractivity contribution in [2.75, 3.05) is 19.0 Å². The van der Waals surface area contributed by atoms with E-state index in [4.69, 9.17) is 21.1 Å². The molecule has 7 nitrogen and oxygen atoms in total. The van der Waals surface area contributed by atoms with Gasteiger partial charge in [-0.15, -0.1) is 0 Å². The summed E-state index contributed by atoms with van der Waals surface area (Å²) < 4.78 is 11.0. The molecule has 0 bridgehead atoms. The van der Waals surface area contributed by atoms with E-state index in [-0.39, 0.29) is 29.2 Å². The predicted octanol–water partition coefficient (Wildman–Crippen LogP) is 4.75. The van der Waals surface area contributed by atoms with Gasteiger partial charge in [0.1, 0.15) is 0 Å². The fourth-order valence-electron chi connectivity index (χ4n) is 2.97. The Kier molecular flexibility index (Phi) is 8.05. The van der Waals surface area contributed by atoms with Crippen molar-refractivity contribution in [3.05, 3.63) is 87.9 Å². The summed E-state index contributed by atoms with van der Waals surface area (Å²) >= 11 is 6.35. The van der Waals surface area contributed by atoms with Crippen LogP contribution in [0.1, 0.15) is 27.0 Å². The molecule has 0 fully saturated rings. The van der Waals surface area contributed by atoms with Gasteiger partial charge in [0, 0.05) is 11.3 Å². The van der Waals surface area contributed by atoms with Crippen molar-refractivity contribution in [2.45, 2.75) is 13.8 Å². The minimum Gasteiger partial charge on any atom is -0.493 e. The molecular formula is C25H24ClN3O4. The maximum atomic E-state index is 12.4. The number of amides is 2. The SMILES string of the molecule is COc1cc(/C=N/NC(=O)c2ccccc2)cc(Cl)c1OCC(=O)Nc1cc(C)ccc1C. The van der Waals surface area contributed by atoms with Crippen LogP contribution < -0.4 is 20.2 Å². The Morgan fingerprint density at radius 1 is 1.06 bits per heavy atom. The van der Waals surface area contributed by atoms with E-state index in [2.05, 4.69) is 15.8 Å². The van der Waals surface area contributed by atoms with Crippen LogP contribution in [0.4, 0.5) is 5.69 Å². The zero-order valence-corrected chi connectivity index (χ0v) is 19.3. The molecule has 2 N–H and O–H groups in total. The summed E-state index contributed by atoms with van der Waals surface area (Å²) in [5.74, 6) is -0.0885. The minimum absolute atomic E-state index is 0.237. The Balaban J connectivity index is 1.64. The van der Waals surface area contributed by atoms with Crippen LogP contribution in [0.3, 0.4) is 0 Å². The first kappa shape index (κ1) is 23.8. The van der Waals surface area contributed by atoms with Crippen molar-refractivity contribution in [3.8, 4) is 11.5 Å². The number of halogens is 1. The van der Waals surface area contributed by atoms with Crippen LogP contribution in [0.25, 0.3) is 0 Å². The fraction of sp³-hybridized carbons (Fsp3) is 0.160. The zero-order chi connectivity index (χ0) is 23.8. The van der Waals surface area contributed by atoms with Crippen molar-refractivity contribution >= 4 is 35.3 Å². The zero-order valence-electron chi connectivity index (χ0n) is 18.5. The second-order valence-electron chi connectivity index (χ2n) is 7.25. The molecule has 0 aliphatic carbocycles. The van der Waals surface area contributed by atoms with Crippen LogP contribution in [-0.4, -0.2) is 31.7 Å². The molecular weight excluding hydrogens is 442 g/mol. The van der Waals surface area contributed by atoms with Gasteiger partial charge in [0.2, 0.25) is 0 Å². The summed E-state index contributed by atoms with van der Waals surface area (Å²) in [5, 5.41) is 7.03. The molecule has 8 heteroatoms. The number of carbonyl (C=O) groups is 2. The molecule has 0 aliphatic rings. The van der Waals surface area contributed by atoms with Gasteiger partial charge in [-0.3, -0.25) is 9.59 Å². The molecule has 0 saturated heterocycles. The highest BCUT2D eigenvalue weighted by molar-refractivity contribution is 6.32. The number of anilines is 1. The second-order valence-corrected chi connectivity index (χ2v) is 7.66. The lowest BCUT2D eigenvalue weighted by Gasteiger charge is -2.14. The van der Waals surface area contributed by atoms with Crippen molar-refractivity contribution in [1.82, 2.24) is 5.43 Å². The highest BCUT2D eigenvalue weighted by Crippen LogP contribution is 2.36. The van der Waals surface area contributed by atoms with Gasteiger partial charge in [0.25, 0.3) is 11.8 Å². The van der Waals surface area contributed by atoms with Crippen LogP contribution in [-0.2, 0) is 4.79 Å². The number of carbonyl (C=O) groups excluding carboxylic acids is 2. The average Bonchev–Trinajstić information content (AvgIpc) is 2.81. The normalized spacial score (nSPS) is 10.7. The summed E-state index contributed by atoms with van der Waals surface area (Å²) in [6.45, 7) is 3.62. The smallest absolute Gasteiger partial charge is 0.271 e. The molecule has 0 heterocycles. The number of nitrogens with one attached hydrogen (secondary N) is 2. The Hall–Kier alpha value is -3.84. The highest BCUT2D eigenvalue weighted by atomic mass is 35.5. The van der Waals surface area contributed by atoms with E-state index < -0.39 is 0 Å². The lowest BCUT2D eigenvalue weighted by Crippen LogP contribution is -2.21. The highest BCUT2D eigenvalue weighted by Gasteiger charge is 2.14. The number of ether oxygens (including phenoxy) is 2. The number of rotatable bonds is 8. The van der Waals surface area contributed by atoms with Crippen molar-refractivity contribution < 1.29 is 19.1 Å². The molecule has 0 saturated carbocycles. The van der Waals surface area contributed by atoms with Gasteiger partial charge in [0.15, 0.2) is 18.1 Å². The molecule has 0 unspecified atom stereocenters. The van der Waals surface area contributed by atoms with E-state index in [0.717, 1.165) is 16.8 Å². The molecule has 170 valence electrons. The summed E-state index contributed by atoms with van der Waals surface area (Å²) in [7, 11) is 1.47. The van der Waals surface area contributed by atoms with E-state index in [1.165, 1.54) is 13.3 Å². The molecule has 3 rings (SSSR count). The monoisotopic (exact) mass is 465 g/mol. The van der Waals surface area contributed by atoms with Crippen molar-refractivity contribution in [2.24, 2.45) is 5.10 Å². The minimum atomic E-state index is -0.334. The van der Waals surface area contributed by atoms with E-state index >= 15 is 0 Å². The molecule has 0 atom stereocenters. The number of hydrazone groups is 1. The van der Waals surface area contributed by atoms with Crippen LogP contribution in [0.15, 0.2) is 65.8 Å². The third-order valence-electron chi connectivity index (χ3n) is 4.68. The molecule has 0 aliphatic heterocycles. The molecule has 0 radical (unpaired) electrons. The summed E-state index contributed by atoms with van der Waals surface area (Å²) in [4.78, 5) is 24.4. The van der Waals surface area contributed by atoms with Gasteiger partial charge in [-0.25, -0.2) is 5.43 Å². The Morgan fingerprint density at radius 3 is 2.55 bits per heavy atom. The van der Waals surface area contributed by atoms with E-state index in [0.29, 0.717) is 16.9 Å². The third kappa shape index (κ3) is 6.57. The molecule has 0 aromatic heterocycles. The summed E-state index contributed by atoms with van der Waals surface area (Å²) in [6.07, 6.45) is 1.44. The van der Waals surface area contributed by atoms with E-state index in [9.17, 15) is 9.59 Å². The molecule has 3 aromatic carbocycles. The number of nitrogens with zero attached hydrogens (tertiary/aromatic N) is 1. The van der Waals surface area contributed by atoms with Gasteiger partial charge >= 0.3 is 0 Å². The first-order valence-corrected chi connectivity index (χ1v) is 10.5. The molecule has 33 heavy (non-hydrogen) atoms. The maximum absolute atomic E-state index is 12.4. The lowest BCUT2D eigenvalue weighted by atomic mass is 10.1. The van der Waals surface area contributed by atoms with Crippen LogP contribution in [0.5, 0.6) is 11.5 Å². The topological polar surface area (TPSA) is 89.0 Å². The number of benzene rings is 3. The first-order chi connectivity index (χ1) is 15.9. The fourth-order valence-corrected chi connectivity index (χ4v) is 3.24. The molecule has 2 amide bonds. The number of methoxy groups -OCH3 is 1. The summed E-state index contributed by atoms with van der Waals surface area (Å²) in [5.41, 5.74) is 6.25. The second kappa shape index (κ2) is 11.2. The lowest BCUT2D eigenvalue weighted by molar-refractivity contribution is -0.118. The predicted molar refractivity (Wildman–Crippen MR) is 130 cm³/mol. The quantitative estimate of drug-likeness (QED) is 0.371. The first-order valence-electron chi connectivity index (χ1n) is 10.1. The summed E-state index contributed by atoms with van der Waals surface area (Å²) in [6, 6.07) is 17.8. The maximum Gasteiger partial charge on any atom is 0.271 e.